The number of hydrogen-bond donors (Lipinski definition) is 1. The zero-order valence-electron chi connectivity index (χ0n) is 13.4. The van der Waals surface area contributed by atoms with Crippen LogP contribution >= 0.6 is 0 Å². The van der Waals surface area contributed by atoms with Crippen LogP contribution in [0.3, 0.4) is 0 Å². The van der Waals surface area contributed by atoms with Crippen LogP contribution in [0.1, 0.15) is 50.8 Å². The van der Waals surface area contributed by atoms with Crippen molar-refractivity contribution in [2.45, 2.75) is 59.5 Å². The van der Waals surface area contributed by atoms with E-state index in [1.165, 1.54) is 29.5 Å². The van der Waals surface area contributed by atoms with Crippen molar-refractivity contribution in [3.05, 3.63) is 29.6 Å². The normalized spacial score (nSPS) is 14.7. The molecule has 1 heterocycles. The topological polar surface area (TPSA) is 29.9 Å². The molecule has 0 aliphatic heterocycles. The first-order chi connectivity index (χ1) is 9.52. The molecule has 110 valence electrons. The molecular weight excluding hydrogens is 246 g/mol. The van der Waals surface area contributed by atoms with Gasteiger partial charge in [-0.05, 0) is 57.4 Å². The highest BCUT2D eigenvalue weighted by Crippen LogP contribution is 2.21. The Morgan fingerprint density at radius 3 is 2.60 bits per heavy atom. The third kappa shape index (κ3) is 3.21. The Bertz CT molecular complexity index is 571. The van der Waals surface area contributed by atoms with Crippen LogP contribution in [0.15, 0.2) is 18.5 Å². The van der Waals surface area contributed by atoms with E-state index in [1.54, 1.807) is 0 Å². The van der Waals surface area contributed by atoms with Gasteiger partial charge >= 0.3 is 0 Å². The summed E-state index contributed by atoms with van der Waals surface area (Å²) in [6.07, 6.45) is 4.44. The quantitative estimate of drug-likeness (QED) is 0.862. The van der Waals surface area contributed by atoms with Crippen molar-refractivity contribution < 1.29 is 0 Å². The third-order valence-corrected chi connectivity index (χ3v) is 4.15. The molecule has 0 saturated heterocycles. The molecule has 0 bridgehead atoms. The Morgan fingerprint density at radius 2 is 1.90 bits per heavy atom. The minimum atomic E-state index is 0.418. The number of hydrogen-bond acceptors (Lipinski definition) is 2. The van der Waals surface area contributed by atoms with Crippen LogP contribution in [-0.2, 0) is 0 Å². The molecule has 2 rings (SSSR count). The summed E-state index contributed by atoms with van der Waals surface area (Å²) in [5.74, 6) is 0. The van der Waals surface area contributed by atoms with E-state index in [-0.39, 0.29) is 0 Å². The van der Waals surface area contributed by atoms with Gasteiger partial charge in [-0.2, -0.15) is 0 Å². The summed E-state index contributed by atoms with van der Waals surface area (Å²) in [7, 11) is 0. The first kappa shape index (κ1) is 15.0. The summed E-state index contributed by atoms with van der Waals surface area (Å²) in [5.41, 5.74) is 4.98. The van der Waals surface area contributed by atoms with Crippen LogP contribution in [0.5, 0.6) is 0 Å². The van der Waals surface area contributed by atoms with Gasteiger partial charge in [0.1, 0.15) is 0 Å². The Morgan fingerprint density at radius 1 is 1.20 bits per heavy atom. The standard InChI is InChI=1S/C17H27N3/c1-6-7-14(4)18-10-15(5)20-11-19-16-8-12(2)13(3)9-17(16)20/h8-9,11,14-15,18H,6-7,10H2,1-5H3. The molecule has 0 amide bonds. The van der Waals surface area contributed by atoms with Crippen LogP contribution in [0, 0.1) is 13.8 Å². The van der Waals surface area contributed by atoms with E-state index in [2.05, 4.69) is 61.6 Å². The van der Waals surface area contributed by atoms with Crippen molar-refractivity contribution in [2.24, 2.45) is 0 Å². The summed E-state index contributed by atoms with van der Waals surface area (Å²) in [4.78, 5) is 4.54. The van der Waals surface area contributed by atoms with Crippen molar-refractivity contribution in [2.75, 3.05) is 6.54 Å². The van der Waals surface area contributed by atoms with Crippen LogP contribution in [0.2, 0.25) is 0 Å². The van der Waals surface area contributed by atoms with Gasteiger partial charge in [0.2, 0.25) is 0 Å². The average Bonchev–Trinajstić information content (AvgIpc) is 2.80. The van der Waals surface area contributed by atoms with Gasteiger partial charge in [-0.1, -0.05) is 13.3 Å². The molecule has 0 radical (unpaired) electrons. The zero-order chi connectivity index (χ0) is 14.7. The third-order valence-electron chi connectivity index (χ3n) is 4.15. The lowest BCUT2D eigenvalue weighted by Gasteiger charge is -2.19. The minimum Gasteiger partial charge on any atom is -0.326 e. The van der Waals surface area contributed by atoms with E-state index in [9.17, 15) is 0 Å². The van der Waals surface area contributed by atoms with Gasteiger partial charge in [-0.25, -0.2) is 4.98 Å². The summed E-state index contributed by atoms with van der Waals surface area (Å²) in [6, 6.07) is 5.44. The van der Waals surface area contributed by atoms with Gasteiger partial charge in [0.25, 0.3) is 0 Å². The van der Waals surface area contributed by atoms with Gasteiger partial charge < -0.3 is 9.88 Å². The van der Waals surface area contributed by atoms with E-state index < -0.39 is 0 Å². The van der Waals surface area contributed by atoms with Crippen molar-refractivity contribution in [1.29, 1.82) is 0 Å². The van der Waals surface area contributed by atoms with E-state index in [0.717, 1.165) is 12.1 Å². The Labute approximate surface area is 122 Å². The first-order valence-corrected chi connectivity index (χ1v) is 7.70. The van der Waals surface area contributed by atoms with E-state index in [1.807, 2.05) is 6.33 Å². The summed E-state index contributed by atoms with van der Waals surface area (Å²) in [6.45, 7) is 12.0. The van der Waals surface area contributed by atoms with Crippen molar-refractivity contribution in [1.82, 2.24) is 14.9 Å². The molecule has 0 saturated carbocycles. The largest absolute Gasteiger partial charge is 0.326 e. The lowest BCUT2D eigenvalue weighted by atomic mass is 10.1. The number of benzene rings is 1. The molecule has 1 aromatic carbocycles. The molecule has 1 N–H and O–H groups in total. The fraction of sp³-hybridized carbons (Fsp3) is 0.588. The van der Waals surface area contributed by atoms with Crippen LogP contribution in [0.4, 0.5) is 0 Å². The summed E-state index contributed by atoms with van der Waals surface area (Å²) >= 11 is 0. The maximum Gasteiger partial charge on any atom is 0.0961 e. The molecule has 0 spiro atoms. The van der Waals surface area contributed by atoms with Gasteiger partial charge in [-0.3, -0.25) is 0 Å². The number of nitrogens with one attached hydrogen (secondary N) is 1. The van der Waals surface area contributed by atoms with E-state index in [4.69, 9.17) is 0 Å². The molecule has 20 heavy (non-hydrogen) atoms. The molecule has 2 atom stereocenters. The molecule has 2 unspecified atom stereocenters. The molecule has 3 nitrogen and oxygen atoms in total. The molecule has 0 aliphatic carbocycles. The zero-order valence-corrected chi connectivity index (χ0v) is 13.4. The number of nitrogens with zero attached hydrogens (tertiary/aromatic N) is 2. The Balaban J connectivity index is 2.14. The fourth-order valence-corrected chi connectivity index (χ4v) is 2.64. The second-order valence-electron chi connectivity index (χ2n) is 6.02. The van der Waals surface area contributed by atoms with E-state index in [0.29, 0.717) is 12.1 Å². The summed E-state index contributed by atoms with van der Waals surface area (Å²) < 4.78 is 2.29. The molecule has 0 aliphatic rings. The predicted octanol–water partition coefficient (Wildman–Crippen LogP) is 3.99. The maximum atomic E-state index is 4.54. The average molecular weight is 273 g/mol. The Kier molecular flexibility index (Phi) is 4.81. The van der Waals surface area contributed by atoms with Crippen LogP contribution < -0.4 is 5.32 Å². The lowest BCUT2D eigenvalue weighted by Crippen LogP contribution is -2.31. The minimum absolute atomic E-state index is 0.418. The van der Waals surface area contributed by atoms with Gasteiger partial charge in [-0.15, -0.1) is 0 Å². The number of aromatic nitrogens is 2. The van der Waals surface area contributed by atoms with E-state index >= 15 is 0 Å². The van der Waals surface area contributed by atoms with Crippen molar-refractivity contribution in [3.8, 4) is 0 Å². The number of imidazole rings is 1. The smallest absolute Gasteiger partial charge is 0.0961 e. The van der Waals surface area contributed by atoms with Crippen LogP contribution in [-0.4, -0.2) is 22.1 Å². The SMILES string of the molecule is CCCC(C)NCC(C)n1cnc2cc(C)c(C)cc21. The highest BCUT2D eigenvalue weighted by molar-refractivity contribution is 5.77. The lowest BCUT2D eigenvalue weighted by molar-refractivity contribution is 0.440. The number of fused-ring (bicyclic) bond motifs is 1. The number of aryl methyl sites for hydroxylation is 2. The van der Waals surface area contributed by atoms with Crippen molar-refractivity contribution in [3.63, 3.8) is 0 Å². The number of rotatable bonds is 6. The molecule has 2 aromatic rings. The molecular formula is C17H27N3. The fourth-order valence-electron chi connectivity index (χ4n) is 2.64. The summed E-state index contributed by atoms with van der Waals surface area (Å²) in [5, 5.41) is 3.61. The molecule has 1 aromatic heterocycles. The second kappa shape index (κ2) is 6.40. The highest BCUT2D eigenvalue weighted by atomic mass is 15.1. The monoisotopic (exact) mass is 273 g/mol. The van der Waals surface area contributed by atoms with Gasteiger partial charge in [0.05, 0.1) is 17.4 Å². The first-order valence-electron chi connectivity index (χ1n) is 7.70. The highest BCUT2D eigenvalue weighted by Gasteiger charge is 2.11. The molecule has 0 fully saturated rings. The Hall–Kier alpha value is -1.35. The maximum absolute atomic E-state index is 4.54. The van der Waals surface area contributed by atoms with Gasteiger partial charge in [0, 0.05) is 18.6 Å². The molecule has 3 heteroatoms. The van der Waals surface area contributed by atoms with Gasteiger partial charge in [0.15, 0.2) is 0 Å². The van der Waals surface area contributed by atoms with Crippen LogP contribution in [0.25, 0.3) is 11.0 Å². The van der Waals surface area contributed by atoms with Crippen molar-refractivity contribution >= 4 is 11.0 Å². The predicted molar refractivity (Wildman–Crippen MR) is 86.3 cm³/mol. The second-order valence-corrected chi connectivity index (χ2v) is 6.02.